The number of thiazole rings is 1. The number of anilines is 1. The molecule has 1 aromatic rings. The Hall–Kier alpha value is -1.43. The molecule has 2 heterocycles. The maximum Gasteiger partial charge on any atom is 0.248 e. The Bertz CT molecular complexity index is 708. The van der Waals surface area contributed by atoms with Gasteiger partial charge in [0.15, 0.2) is 5.13 Å². The van der Waals surface area contributed by atoms with Gasteiger partial charge in [-0.15, -0.1) is 11.3 Å². The maximum atomic E-state index is 13.6. The monoisotopic (exact) mass is 373 g/mol. The van der Waals surface area contributed by atoms with E-state index in [-0.39, 0.29) is 23.3 Å². The number of amides is 2. The fourth-order valence-electron chi connectivity index (χ4n) is 6.56. The van der Waals surface area contributed by atoms with Crippen molar-refractivity contribution in [1.29, 1.82) is 0 Å². The number of carbonyl (C=O) groups excluding carboxylic acids is 2. The van der Waals surface area contributed by atoms with E-state index < -0.39 is 0 Å². The van der Waals surface area contributed by atoms with Crippen LogP contribution in [-0.4, -0.2) is 34.3 Å². The topological polar surface area (TPSA) is 62.3 Å². The normalized spacial score (nSPS) is 38.0. The fraction of sp³-hybridized carbons (Fsp3) is 0.750. The molecule has 6 rings (SSSR count). The SMILES string of the molecule is Cc1csc(NC(=O)[C@@H]2CCCN2C(=O)C23CC4CC(CC(C4)C2)C3)n1. The molecule has 1 aromatic heterocycles. The first kappa shape index (κ1) is 16.7. The van der Waals surface area contributed by atoms with E-state index in [1.807, 2.05) is 17.2 Å². The van der Waals surface area contributed by atoms with Crippen molar-refractivity contribution in [1.82, 2.24) is 9.88 Å². The highest BCUT2D eigenvalue weighted by molar-refractivity contribution is 7.13. The number of aromatic nitrogens is 1. The maximum absolute atomic E-state index is 13.6. The van der Waals surface area contributed by atoms with E-state index in [0.29, 0.717) is 5.13 Å². The summed E-state index contributed by atoms with van der Waals surface area (Å²) in [7, 11) is 0. The number of nitrogens with one attached hydrogen (secondary N) is 1. The van der Waals surface area contributed by atoms with Crippen LogP contribution in [0, 0.1) is 30.1 Å². The highest BCUT2D eigenvalue weighted by atomic mass is 32.1. The molecule has 1 aliphatic heterocycles. The minimum Gasteiger partial charge on any atom is -0.330 e. The third-order valence-corrected chi connectivity index (χ3v) is 8.03. The number of hydrogen-bond donors (Lipinski definition) is 1. The Kier molecular flexibility index (Phi) is 3.89. The van der Waals surface area contributed by atoms with Crippen LogP contribution in [0.4, 0.5) is 5.13 Å². The van der Waals surface area contributed by atoms with Crippen molar-refractivity contribution in [2.75, 3.05) is 11.9 Å². The number of hydrogen-bond acceptors (Lipinski definition) is 4. The highest BCUT2D eigenvalue weighted by Crippen LogP contribution is 2.60. The zero-order valence-corrected chi connectivity index (χ0v) is 16.2. The molecule has 0 radical (unpaired) electrons. The molecular formula is C20H27N3O2S. The van der Waals surface area contributed by atoms with Crippen LogP contribution in [0.5, 0.6) is 0 Å². The summed E-state index contributed by atoms with van der Waals surface area (Å²) in [6, 6.07) is -0.320. The van der Waals surface area contributed by atoms with Gasteiger partial charge in [0.25, 0.3) is 0 Å². The first-order valence-electron chi connectivity index (χ1n) is 10.1. The minimum atomic E-state index is -0.320. The third-order valence-electron chi connectivity index (χ3n) is 7.16. The molecule has 5 nitrogen and oxygen atoms in total. The summed E-state index contributed by atoms with van der Waals surface area (Å²) in [4.78, 5) is 32.7. The lowest BCUT2D eigenvalue weighted by atomic mass is 9.49. The molecule has 1 atom stereocenters. The van der Waals surface area contributed by atoms with Crippen molar-refractivity contribution >= 4 is 28.3 Å². The summed E-state index contributed by atoms with van der Waals surface area (Å²) in [5.74, 6) is 2.47. The van der Waals surface area contributed by atoms with Gasteiger partial charge in [-0.1, -0.05) is 0 Å². The second-order valence-electron chi connectivity index (χ2n) is 9.14. The average Bonchev–Trinajstić information content (AvgIpc) is 3.22. The predicted molar refractivity (Wildman–Crippen MR) is 101 cm³/mol. The standard InChI is InChI=1S/C20H27N3O2S/c1-12-11-26-19(21-12)22-17(24)16-3-2-4-23(16)18(25)20-8-13-5-14(9-20)7-15(6-13)10-20/h11,13-16H,2-10H2,1H3,(H,21,22,24)/t13?,14?,15?,16-,20?/m0/s1. The van der Waals surface area contributed by atoms with Crippen LogP contribution in [-0.2, 0) is 9.59 Å². The van der Waals surface area contributed by atoms with Crippen LogP contribution in [0.25, 0.3) is 0 Å². The van der Waals surface area contributed by atoms with Gasteiger partial charge < -0.3 is 10.2 Å². The number of aryl methyl sites for hydroxylation is 1. The molecule has 1 N–H and O–H groups in total. The Labute approximate surface area is 158 Å². The van der Waals surface area contributed by atoms with E-state index in [0.717, 1.165) is 62.1 Å². The van der Waals surface area contributed by atoms with E-state index in [4.69, 9.17) is 0 Å². The summed E-state index contributed by atoms with van der Waals surface area (Å²) in [6.07, 6.45) is 8.89. The zero-order valence-electron chi connectivity index (χ0n) is 15.4. The van der Waals surface area contributed by atoms with Gasteiger partial charge in [0, 0.05) is 11.9 Å². The van der Waals surface area contributed by atoms with Gasteiger partial charge in [-0.3, -0.25) is 9.59 Å². The summed E-state index contributed by atoms with van der Waals surface area (Å²) in [6.45, 7) is 2.65. The van der Waals surface area contributed by atoms with Crippen molar-refractivity contribution in [3.63, 3.8) is 0 Å². The largest absolute Gasteiger partial charge is 0.330 e. The van der Waals surface area contributed by atoms with Crippen molar-refractivity contribution in [2.24, 2.45) is 23.2 Å². The Morgan fingerprint density at radius 3 is 2.42 bits per heavy atom. The van der Waals surface area contributed by atoms with E-state index in [9.17, 15) is 9.59 Å². The predicted octanol–water partition coefficient (Wildman–Crippen LogP) is 3.60. The lowest BCUT2D eigenvalue weighted by molar-refractivity contribution is -0.160. The van der Waals surface area contributed by atoms with E-state index in [2.05, 4.69) is 10.3 Å². The third kappa shape index (κ3) is 2.68. The molecule has 4 aliphatic carbocycles. The van der Waals surface area contributed by atoms with Crippen LogP contribution in [0.2, 0.25) is 0 Å². The molecule has 1 saturated heterocycles. The van der Waals surface area contributed by atoms with Crippen LogP contribution in [0.1, 0.15) is 57.1 Å². The van der Waals surface area contributed by atoms with Crippen LogP contribution in [0.15, 0.2) is 5.38 Å². The molecule has 5 aliphatic rings. The number of nitrogens with zero attached hydrogens (tertiary/aromatic N) is 2. The summed E-state index contributed by atoms with van der Waals surface area (Å²) in [5.41, 5.74) is 0.758. The van der Waals surface area contributed by atoms with Gasteiger partial charge in [0.05, 0.1) is 11.1 Å². The van der Waals surface area contributed by atoms with Gasteiger partial charge in [-0.05, 0) is 76.0 Å². The molecule has 140 valence electrons. The Morgan fingerprint density at radius 1 is 1.19 bits per heavy atom. The average molecular weight is 374 g/mol. The molecular weight excluding hydrogens is 346 g/mol. The van der Waals surface area contributed by atoms with Gasteiger partial charge in [-0.25, -0.2) is 4.98 Å². The van der Waals surface area contributed by atoms with Crippen LogP contribution in [0.3, 0.4) is 0 Å². The van der Waals surface area contributed by atoms with Gasteiger partial charge in [-0.2, -0.15) is 0 Å². The molecule has 0 spiro atoms. The zero-order chi connectivity index (χ0) is 17.9. The first-order valence-corrected chi connectivity index (χ1v) is 10.9. The fourth-order valence-corrected chi connectivity index (χ4v) is 7.25. The smallest absolute Gasteiger partial charge is 0.248 e. The number of rotatable bonds is 3. The molecule has 2 amide bonds. The molecule has 0 aromatic carbocycles. The summed E-state index contributed by atoms with van der Waals surface area (Å²) in [5, 5.41) is 5.51. The lowest BCUT2D eigenvalue weighted by Crippen LogP contribution is -2.56. The lowest BCUT2D eigenvalue weighted by Gasteiger charge is -2.56. The van der Waals surface area contributed by atoms with Crippen molar-refractivity contribution < 1.29 is 9.59 Å². The van der Waals surface area contributed by atoms with E-state index in [1.54, 1.807) is 0 Å². The Morgan fingerprint density at radius 2 is 1.85 bits per heavy atom. The van der Waals surface area contributed by atoms with Crippen molar-refractivity contribution in [3.8, 4) is 0 Å². The molecule has 4 saturated carbocycles. The van der Waals surface area contributed by atoms with Crippen LogP contribution < -0.4 is 5.32 Å². The quantitative estimate of drug-likeness (QED) is 0.881. The number of carbonyl (C=O) groups is 2. The van der Waals surface area contributed by atoms with Crippen LogP contribution >= 0.6 is 11.3 Å². The second-order valence-corrected chi connectivity index (χ2v) is 10.00. The summed E-state index contributed by atoms with van der Waals surface area (Å²) < 4.78 is 0. The highest BCUT2D eigenvalue weighted by Gasteiger charge is 2.56. The van der Waals surface area contributed by atoms with E-state index in [1.165, 1.54) is 30.6 Å². The second kappa shape index (κ2) is 6.04. The first-order chi connectivity index (χ1) is 12.5. The summed E-state index contributed by atoms with van der Waals surface area (Å²) >= 11 is 1.45. The van der Waals surface area contributed by atoms with Crippen molar-refractivity contribution in [2.45, 2.75) is 64.3 Å². The molecule has 26 heavy (non-hydrogen) atoms. The minimum absolute atomic E-state index is 0.0603. The van der Waals surface area contributed by atoms with Gasteiger partial charge in [0.1, 0.15) is 6.04 Å². The molecule has 0 unspecified atom stereocenters. The molecule has 5 fully saturated rings. The number of likely N-dealkylation sites (tertiary alicyclic amines) is 1. The van der Waals surface area contributed by atoms with E-state index >= 15 is 0 Å². The van der Waals surface area contributed by atoms with Gasteiger partial charge >= 0.3 is 0 Å². The van der Waals surface area contributed by atoms with Gasteiger partial charge in [0.2, 0.25) is 11.8 Å². The molecule has 4 bridgehead atoms. The Balaban J connectivity index is 1.34. The van der Waals surface area contributed by atoms with Crippen molar-refractivity contribution in [3.05, 3.63) is 11.1 Å². The molecule has 6 heteroatoms.